The molecule has 80 valence electrons. The van der Waals surface area contributed by atoms with Gasteiger partial charge >= 0.3 is 0 Å². The predicted molar refractivity (Wildman–Crippen MR) is 56.6 cm³/mol. The first kappa shape index (κ1) is 8.84. The zero-order valence-corrected chi connectivity index (χ0v) is 8.48. The molecule has 4 heterocycles. The molecule has 3 fully saturated rings. The summed E-state index contributed by atoms with van der Waals surface area (Å²) in [7, 11) is 0. The number of hydrazone groups is 1. The first-order valence-corrected chi connectivity index (χ1v) is 5.32. The van der Waals surface area contributed by atoms with E-state index in [-0.39, 0.29) is 0 Å². The summed E-state index contributed by atoms with van der Waals surface area (Å²) in [6, 6.07) is 0. The molecule has 4 rings (SSSR count). The molecule has 3 aliphatic rings. The molecule has 3 aliphatic heterocycles. The van der Waals surface area contributed by atoms with Gasteiger partial charge in [-0.15, -0.1) is 0 Å². The van der Waals surface area contributed by atoms with E-state index in [9.17, 15) is 0 Å². The van der Waals surface area contributed by atoms with Gasteiger partial charge in [-0.3, -0.25) is 4.90 Å². The number of piperidine rings is 3. The predicted octanol–water partition coefficient (Wildman–Crippen LogP) is 0.298. The number of rotatable bonds is 2. The smallest absolute Gasteiger partial charge is 0.239 e. The lowest BCUT2D eigenvalue weighted by atomic mass is 9.87. The van der Waals surface area contributed by atoms with Crippen molar-refractivity contribution in [2.45, 2.75) is 12.8 Å². The first-order valence-electron chi connectivity index (χ1n) is 5.32. The number of hydrogen-bond acceptors (Lipinski definition) is 5. The van der Waals surface area contributed by atoms with E-state index in [0.29, 0.717) is 11.9 Å². The van der Waals surface area contributed by atoms with Crippen LogP contribution < -0.4 is 5.43 Å². The van der Waals surface area contributed by atoms with E-state index in [1.54, 1.807) is 0 Å². The molecule has 1 aromatic heterocycles. The lowest BCUT2D eigenvalue weighted by molar-refractivity contribution is 0.200. The lowest BCUT2D eigenvalue weighted by Gasteiger charge is -2.39. The van der Waals surface area contributed by atoms with Crippen molar-refractivity contribution >= 4 is 11.7 Å². The highest BCUT2D eigenvalue weighted by molar-refractivity contribution is 5.90. The lowest BCUT2D eigenvalue weighted by Crippen LogP contribution is -2.48. The van der Waals surface area contributed by atoms with Crippen LogP contribution in [0.2, 0.25) is 0 Å². The SMILES string of the molecule is c1n[nH]c(N/N=C2/CN3CCC2CC3)n1. The average Bonchev–Trinajstić information content (AvgIpc) is 2.81. The number of fused-ring (bicyclic) bond motifs is 3. The summed E-state index contributed by atoms with van der Waals surface area (Å²) in [5.74, 6) is 1.28. The molecule has 2 N–H and O–H groups in total. The van der Waals surface area contributed by atoms with Crippen LogP contribution in [-0.2, 0) is 0 Å². The summed E-state index contributed by atoms with van der Waals surface area (Å²) in [4.78, 5) is 6.41. The van der Waals surface area contributed by atoms with E-state index in [1.807, 2.05) is 0 Å². The Bertz CT molecular complexity index is 349. The normalized spacial score (nSPS) is 32.1. The Labute approximate surface area is 87.8 Å². The largest absolute Gasteiger partial charge is 0.298 e. The van der Waals surface area contributed by atoms with Crippen LogP contribution in [0.3, 0.4) is 0 Å². The summed E-state index contributed by atoms with van der Waals surface area (Å²) >= 11 is 0. The number of aromatic amines is 1. The fourth-order valence-electron chi connectivity index (χ4n) is 2.29. The minimum absolute atomic E-state index is 0.610. The Morgan fingerprint density at radius 1 is 1.47 bits per heavy atom. The van der Waals surface area contributed by atoms with Gasteiger partial charge in [-0.2, -0.15) is 15.2 Å². The topological polar surface area (TPSA) is 69.2 Å². The van der Waals surface area contributed by atoms with Crippen molar-refractivity contribution in [1.29, 1.82) is 0 Å². The van der Waals surface area contributed by atoms with E-state index < -0.39 is 0 Å². The maximum Gasteiger partial charge on any atom is 0.239 e. The van der Waals surface area contributed by atoms with Gasteiger partial charge in [0.05, 0.1) is 5.71 Å². The molecular formula is C9H14N6. The highest BCUT2D eigenvalue weighted by Gasteiger charge is 2.30. The maximum atomic E-state index is 4.40. The minimum atomic E-state index is 0.610. The highest BCUT2D eigenvalue weighted by Crippen LogP contribution is 2.25. The number of nitrogens with one attached hydrogen (secondary N) is 2. The van der Waals surface area contributed by atoms with Crippen LogP contribution in [0.1, 0.15) is 12.8 Å². The molecule has 6 heteroatoms. The number of hydrogen-bond donors (Lipinski definition) is 2. The number of aromatic nitrogens is 3. The first-order chi connectivity index (χ1) is 7.42. The average molecular weight is 206 g/mol. The molecule has 0 radical (unpaired) electrons. The Balaban J connectivity index is 1.69. The monoisotopic (exact) mass is 206 g/mol. The van der Waals surface area contributed by atoms with E-state index in [1.165, 1.54) is 38.0 Å². The van der Waals surface area contributed by atoms with Crippen LogP contribution in [0.25, 0.3) is 0 Å². The summed E-state index contributed by atoms with van der Waals surface area (Å²) < 4.78 is 0. The second-order valence-corrected chi connectivity index (χ2v) is 4.10. The summed E-state index contributed by atoms with van der Waals surface area (Å²) in [5, 5.41) is 10.9. The van der Waals surface area contributed by atoms with Gasteiger partial charge in [0.15, 0.2) is 0 Å². The molecule has 0 aromatic carbocycles. The third kappa shape index (κ3) is 1.72. The zero-order chi connectivity index (χ0) is 10.1. The fraction of sp³-hybridized carbons (Fsp3) is 0.667. The van der Waals surface area contributed by atoms with Gasteiger partial charge in [-0.05, 0) is 25.9 Å². The van der Waals surface area contributed by atoms with Gasteiger partial charge in [0.2, 0.25) is 5.95 Å². The molecule has 1 aromatic rings. The van der Waals surface area contributed by atoms with Crippen LogP contribution in [0.15, 0.2) is 11.4 Å². The third-order valence-corrected chi connectivity index (χ3v) is 3.16. The number of H-pyrrole nitrogens is 1. The summed E-state index contributed by atoms with van der Waals surface area (Å²) in [6.45, 7) is 3.46. The van der Waals surface area contributed by atoms with Crippen molar-refractivity contribution in [3.05, 3.63) is 6.33 Å². The van der Waals surface area contributed by atoms with Crippen LogP contribution >= 0.6 is 0 Å². The van der Waals surface area contributed by atoms with Gasteiger partial charge in [0.1, 0.15) is 6.33 Å². The van der Waals surface area contributed by atoms with Gasteiger partial charge in [0.25, 0.3) is 0 Å². The standard InChI is InChI=1S/C9H14N6/c1-3-15-4-2-7(1)8(5-15)12-14-9-10-6-11-13-9/h6-7H,1-5H2,(H2,10,11,13,14)/b12-8-. The highest BCUT2D eigenvalue weighted by atomic mass is 15.4. The summed E-state index contributed by atoms with van der Waals surface area (Å²) in [5.41, 5.74) is 4.16. The van der Waals surface area contributed by atoms with Crippen molar-refractivity contribution < 1.29 is 0 Å². The molecule has 3 saturated heterocycles. The molecule has 15 heavy (non-hydrogen) atoms. The van der Waals surface area contributed by atoms with Crippen molar-refractivity contribution in [3.8, 4) is 0 Å². The molecule has 0 atom stereocenters. The van der Waals surface area contributed by atoms with Crippen LogP contribution in [0, 0.1) is 5.92 Å². The Morgan fingerprint density at radius 3 is 2.93 bits per heavy atom. The van der Waals surface area contributed by atoms with Gasteiger partial charge in [0, 0.05) is 12.5 Å². The third-order valence-electron chi connectivity index (χ3n) is 3.16. The maximum absolute atomic E-state index is 4.40. The van der Waals surface area contributed by atoms with E-state index in [2.05, 4.69) is 30.6 Å². The zero-order valence-electron chi connectivity index (χ0n) is 8.48. The molecule has 6 nitrogen and oxygen atoms in total. The quantitative estimate of drug-likeness (QED) is 0.683. The Morgan fingerprint density at radius 2 is 2.33 bits per heavy atom. The van der Waals surface area contributed by atoms with Crippen molar-refractivity contribution in [3.63, 3.8) is 0 Å². The molecule has 0 unspecified atom stereocenters. The molecule has 0 amide bonds. The van der Waals surface area contributed by atoms with Crippen molar-refractivity contribution in [2.75, 3.05) is 25.1 Å². The van der Waals surface area contributed by atoms with E-state index in [4.69, 9.17) is 0 Å². The molecule has 0 aliphatic carbocycles. The van der Waals surface area contributed by atoms with E-state index in [0.717, 1.165) is 6.54 Å². The molecule has 2 bridgehead atoms. The van der Waals surface area contributed by atoms with Crippen LogP contribution in [-0.4, -0.2) is 45.4 Å². The summed E-state index contributed by atoms with van der Waals surface area (Å²) in [6.07, 6.45) is 3.97. The Kier molecular flexibility index (Phi) is 2.13. The van der Waals surface area contributed by atoms with Crippen molar-refractivity contribution in [2.24, 2.45) is 11.0 Å². The van der Waals surface area contributed by atoms with Gasteiger partial charge < -0.3 is 0 Å². The second-order valence-electron chi connectivity index (χ2n) is 4.10. The Hall–Kier alpha value is -1.43. The number of nitrogens with zero attached hydrogens (tertiary/aromatic N) is 4. The van der Waals surface area contributed by atoms with E-state index >= 15 is 0 Å². The minimum Gasteiger partial charge on any atom is -0.298 e. The van der Waals surface area contributed by atoms with Gasteiger partial charge in [-0.25, -0.2) is 10.5 Å². The van der Waals surface area contributed by atoms with Gasteiger partial charge in [-0.1, -0.05) is 0 Å². The van der Waals surface area contributed by atoms with Crippen LogP contribution in [0.4, 0.5) is 5.95 Å². The molecule has 0 saturated carbocycles. The fourth-order valence-corrected chi connectivity index (χ4v) is 2.29. The molecule has 0 spiro atoms. The second kappa shape index (κ2) is 3.62. The number of anilines is 1. The van der Waals surface area contributed by atoms with Crippen LogP contribution in [0.5, 0.6) is 0 Å². The van der Waals surface area contributed by atoms with Crippen molar-refractivity contribution in [1.82, 2.24) is 20.1 Å². The molecular weight excluding hydrogens is 192 g/mol.